The lowest BCUT2D eigenvalue weighted by Gasteiger charge is -2.39. The Kier molecular flexibility index (Phi) is 4.63. The van der Waals surface area contributed by atoms with Gasteiger partial charge in [0.05, 0.1) is 0 Å². The molecule has 1 aliphatic heterocycles. The highest BCUT2D eigenvalue weighted by Crippen LogP contribution is 2.22. The number of likely N-dealkylation sites (N-methyl/N-ethyl adjacent to an activating group) is 1. The van der Waals surface area contributed by atoms with E-state index in [0.29, 0.717) is 0 Å². The van der Waals surface area contributed by atoms with Gasteiger partial charge in [-0.3, -0.25) is 4.90 Å². The van der Waals surface area contributed by atoms with Crippen LogP contribution in [-0.4, -0.2) is 37.1 Å². The van der Waals surface area contributed by atoms with E-state index in [0.717, 1.165) is 25.2 Å². The third kappa shape index (κ3) is 3.10. The van der Waals surface area contributed by atoms with E-state index in [4.69, 9.17) is 0 Å². The molecule has 0 spiro atoms. The van der Waals surface area contributed by atoms with Crippen molar-refractivity contribution in [1.29, 1.82) is 0 Å². The molecule has 2 atom stereocenters. The molecule has 1 aliphatic rings. The fourth-order valence-electron chi connectivity index (χ4n) is 2.35. The summed E-state index contributed by atoms with van der Waals surface area (Å²) in [5, 5.41) is 3.16. The number of likely N-dealkylation sites (tertiary alicyclic amines) is 1. The van der Waals surface area contributed by atoms with Crippen molar-refractivity contribution < 1.29 is 0 Å². The van der Waals surface area contributed by atoms with Crippen molar-refractivity contribution >= 4 is 0 Å². The van der Waals surface area contributed by atoms with Crippen molar-refractivity contribution in [2.45, 2.75) is 45.2 Å². The number of hydrogen-bond donors (Lipinski definition) is 1. The van der Waals surface area contributed by atoms with E-state index in [9.17, 15) is 0 Å². The first kappa shape index (κ1) is 11.7. The van der Waals surface area contributed by atoms with Gasteiger partial charge in [0.25, 0.3) is 0 Å². The molecule has 0 aliphatic carbocycles. The van der Waals surface area contributed by atoms with E-state index in [2.05, 4.69) is 30.6 Å². The Labute approximate surface area is 88.4 Å². The van der Waals surface area contributed by atoms with Crippen molar-refractivity contribution in [2.75, 3.05) is 20.1 Å². The van der Waals surface area contributed by atoms with Gasteiger partial charge in [-0.25, -0.2) is 0 Å². The summed E-state index contributed by atoms with van der Waals surface area (Å²) in [6.45, 7) is 10.8. The largest absolute Gasteiger partial charge is 0.316 e. The normalized spacial score (nSPS) is 29.1. The van der Waals surface area contributed by atoms with Gasteiger partial charge in [0.2, 0.25) is 0 Å². The maximum absolute atomic E-state index is 4.10. The fraction of sp³-hybridized carbons (Fsp3) is 0.833. The number of hydrogen-bond acceptors (Lipinski definition) is 2. The molecule has 0 bridgehead atoms. The number of piperidine rings is 1. The Morgan fingerprint density at radius 3 is 2.43 bits per heavy atom. The van der Waals surface area contributed by atoms with Crippen LogP contribution in [0.25, 0.3) is 0 Å². The van der Waals surface area contributed by atoms with Gasteiger partial charge in [0.15, 0.2) is 0 Å². The molecule has 2 nitrogen and oxygen atoms in total. The molecule has 1 N–H and O–H groups in total. The molecule has 1 fully saturated rings. The fourth-order valence-corrected chi connectivity index (χ4v) is 2.35. The third-order valence-electron chi connectivity index (χ3n) is 3.21. The van der Waals surface area contributed by atoms with Gasteiger partial charge < -0.3 is 5.32 Å². The van der Waals surface area contributed by atoms with Crippen LogP contribution in [0, 0.1) is 0 Å². The first-order valence-electron chi connectivity index (χ1n) is 5.72. The van der Waals surface area contributed by atoms with Gasteiger partial charge in [-0.2, -0.15) is 0 Å². The van der Waals surface area contributed by atoms with Gasteiger partial charge in [-0.05, 0) is 39.3 Å². The molecular formula is C12H24N2. The predicted molar refractivity (Wildman–Crippen MR) is 62.5 cm³/mol. The summed E-state index contributed by atoms with van der Waals surface area (Å²) in [5.41, 5.74) is 1.30. The Morgan fingerprint density at radius 2 is 1.93 bits per heavy atom. The van der Waals surface area contributed by atoms with Crippen molar-refractivity contribution in [3.8, 4) is 0 Å². The quantitative estimate of drug-likeness (QED) is 0.692. The van der Waals surface area contributed by atoms with E-state index < -0.39 is 0 Å². The first-order chi connectivity index (χ1) is 6.65. The standard InChI is InChI=1S/C12H24N2/c1-10(8-13-4)9-14-11(2)6-5-7-12(14)3/h11-13H,1,5-9H2,2-4H3. The maximum atomic E-state index is 4.10. The molecule has 2 heteroatoms. The highest BCUT2D eigenvalue weighted by atomic mass is 15.2. The molecular weight excluding hydrogens is 172 g/mol. The Bertz CT molecular complexity index is 179. The SMILES string of the molecule is C=C(CNC)CN1C(C)CCCC1C. The summed E-state index contributed by atoms with van der Waals surface area (Å²) in [6, 6.07) is 1.46. The Hall–Kier alpha value is -0.340. The van der Waals surface area contributed by atoms with E-state index >= 15 is 0 Å². The predicted octanol–water partition coefficient (Wildman–Crippen LogP) is 2.02. The van der Waals surface area contributed by atoms with Crippen LogP contribution in [0.4, 0.5) is 0 Å². The van der Waals surface area contributed by atoms with Crippen LogP contribution in [0.5, 0.6) is 0 Å². The molecule has 0 aromatic heterocycles. The molecule has 0 radical (unpaired) electrons. The van der Waals surface area contributed by atoms with Gasteiger partial charge in [-0.1, -0.05) is 13.0 Å². The van der Waals surface area contributed by atoms with Crippen molar-refractivity contribution in [1.82, 2.24) is 10.2 Å². The minimum absolute atomic E-state index is 0.729. The second kappa shape index (κ2) is 5.52. The van der Waals surface area contributed by atoms with Crippen molar-refractivity contribution in [2.24, 2.45) is 0 Å². The Balaban J connectivity index is 2.43. The van der Waals surface area contributed by atoms with E-state index in [-0.39, 0.29) is 0 Å². The molecule has 82 valence electrons. The van der Waals surface area contributed by atoms with Crippen LogP contribution in [0.15, 0.2) is 12.2 Å². The number of nitrogens with zero attached hydrogens (tertiary/aromatic N) is 1. The average Bonchev–Trinajstić information content (AvgIpc) is 2.12. The van der Waals surface area contributed by atoms with Crippen molar-refractivity contribution in [3.63, 3.8) is 0 Å². The number of rotatable bonds is 4. The second-order valence-electron chi connectivity index (χ2n) is 4.58. The van der Waals surface area contributed by atoms with E-state index in [1.165, 1.54) is 24.8 Å². The average molecular weight is 196 g/mol. The molecule has 2 unspecified atom stereocenters. The van der Waals surface area contributed by atoms with Crippen LogP contribution in [0.1, 0.15) is 33.1 Å². The van der Waals surface area contributed by atoms with Crippen LogP contribution < -0.4 is 5.32 Å². The smallest absolute Gasteiger partial charge is 0.0208 e. The summed E-state index contributed by atoms with van der Waals surface area (Å²) in [7, 11) is 1.98. The second-order valence-corrected chi connectivity index (χ2v) is 4.58. The summed E-state index contributed by atoms with van der Waals surface area (Å²) in [5.74, 6) is 0. The lowest BCUT2D eigenvalue weighted by molar-refractivity contribution is 0.115. The molecule has 1 rings (SSSR count). The van der Waals surface area contributed by atoms with Crippen LogP contribution >= 0.6 is 0 Å². The molecule has 0 aromatic carbocycles. The summed E-state index contributed by atoms with van der Waals surface area (Å²) in [6.07, 6.45) is 4.08. The highest BCUT2D eigenvalue weighted by Gasteiger charge is 2.24. The molecule has 1 heterocycles. The maximum Gasteiger partial charge on any atom is 0.0208 e. The lowest BCUT2D eigenvalue weighted by Crippen LogP contribution is -2.45. The van der Waals surface area contributed by atoms with Crippen LogP contribution in [0.2, 0.25) is 0 Å². The third-order valence-corrected chi connectivity index (χ3v) is 3.21. The first-order valence-corrected chi connectivity index (χ1v) is 5.72. The van der Waals surface area contributed by atoms with E-state index in [1.807, 2.05) is 7.05 Å². The van der Waals surface area contributed by atoms with E-state index in [1.54, 1.807) is 0 Å². The molecule has 0 amide bonds. The molecule has 0 aromatic rings. The van der Waals surface area contributed by atoms with Gasteiger partial charge in [0.1, 0.15) is 0 Å². The Morgan fingerprint density at radius 1 is 1.36 bits per heavy atom. The lowest BCUT2D eigenvalue weighted by atomic mass is 9.97. The van der Waals surface area contributed by atoms with Crippen LogP contribution in [0.3, 0.4) is 0 Å². The summed E-state index contributed by atoms with van der Waals surface area (Å²) >= 11 is 0. The van der Waals surface area contributed by atoms with Gasteiger partial charge >= 0.3 is 0 Å². The number of nitrogens with one attached hydrogen (secondary N) is 1. The molecule has 1 saturated heterocycles. The van der Waals surface area contributed by atoms with Gasteiger partial charge in [0, 0.05) is 25.2 Å². The zero-order valence-electron chi connectivity index (χ0n) is 9.84. The molecule has 0 saturated carbocycles. The zero-order valence-corrected chi connectivity index (χ0v) is 9.84. The summed E-state index contributed by atoms with van der Waals surface area (Å²) in [4.78, 5) is 2.59. The molecule has 14 heavy (non-hydrogen) atoms. The minimum atomic E-state index is 0.729. The topological polar surface area (TPSA) is 15.3 Å². The monoisotopic (exact) mass is 196 g/mol. The minimum Gasteiger partial charge on any atom is -0.316 e. The van der Waals surface area contributed by atoms with Gasteiger partial charge in [-0.15, -0.1) is 0 Å². The van der Waals surface area contributed by atoms with Crippen molar-refractivity contribution in [3.05, 3.63) is 12.2 Å². The zero-order chi connectivity index (χ0) is 10.6. The van der Waals surface area contributed by atoms with Crippen LogP contribution in [-0.2, 0) is 0 Å². The highest BCUT2D eigenvalue weighted by molar-refractivity contribution is 5.01. The summed E-state index contributed by atoms with van der Waals surface area (Å²) < 4.78 is 0.